The van der Waals surface area contributed by atoms with Gasteiger partial charge in [-0.25, -0.2) is 4.39 Å². The molecule has 17 heavy (non-hydrogen) atoms. The van der Waals surface area contributed by atoms with Crippen LogP contribution in [0.5, 0.6) is 0 Å². The minimum absolute atomic E-state index is 0.0519. The van der Waals surface area contributed by atoms with E-state index in [1.165, 1.54) is 12.1 Å². The molecule has 4 N–H and O–H groups in total. The monoisotopic (exact) mass is 239 g/mol. The maximum Gasteiger partial charge on any atom is 0.224 e. The van der Waals surface area contributed by atoms with E-state index in [0.29, 0.717) is 5.56 Å². The quantitative estimate of drug-likeness (QED) is 0.304. The number of carbonyl (C=O) groups excluding carboxylic acids is 1. The summed E-state index contributed by atoms with van der Waals surface area (Å²) in [4.78, 5) is 11.4. The Bertz CT molecular complexity index is 421. The van der Waals surface area contributed by atoms with Crippen molar-refractivity contribution in [3.63, 3.8) is 0 Å². The average Bonchev–Trinajstić information content (AvgIpc) is 2.28. The van der Waals surface area contributed by atoms with Crippen molar-refractivity contribution in [2.24, 2.45) is 10.9 Å². The zero-order valence-corrected chi connectivity index (χ0v) is 9.19. The molecule has 1 aromatic rings. The lowest BCUT2D eigenvalue weighted by Crippen LogP contribution is -2.29. The molecule has 0 aliphatic carbocycles. The van der Waals surface area contributed by atoms with E-state index >= 15 is 0 Å². The van der Waals surface area contributed by atoms with Crippen molar-refractivity contribution in [3.8, 4) is 0 Å². The molecule has 0 aromatic heterocycles. The van der Waals surface area contributed by atoms with Crippen LogP contribution in [0.1, 0.15) is 12.0 Å². The molecule has 0 spiro atoms. The Kier molecular flexibility index (Phi) is 4.93. The second-order valence-corrected chi connectivity index (χ2v) is 3.50. The van der Waals surface area contributed by atoms with Crippen LogP contribution in [-0.2, 0) is 11.2 Å². The minimum Gasteiger partial charge on any atom is -0.409 e. The van der Waals surface area contributed by atoms with E-state index in [4.69, 9.17) is 10.9 Å². The Morgan fingerprint density at radius 3 is 2.94 bits per heavy atom. The number of nitrogens with two attached hydrogens (primary N) is 1. The second kappa shape index (κ2) is 6.47. The normalized spacial score (nSPS) is 11.2. The number of halogens is 1. The SMILES string of the molecule is NC(CCNC(=O)Cc1cccc(F)c1)=NO. The van der Waals surface area contributed by atoms with Gasteiger partial charge < -0.3 is 16.3 Å². The van der Waals surface area contributed by atoms with Crippen molar-refractivity contribution in [2.75, 3.05) is 6.54 Å². The molecule has 6 heteroatoms. The summed E-state index contributed by atoms with van der Waals surface area (Å²) in [5, 5.41) is 13.6. The van der Waals surface area contributed by atoms with Crippen molar-refractivity contribution in [3.05, 3.63) is 35.6 Å². The molecule has 92 valence electrons. The smallest absolute Gasteiger partial charge is 0.224 e. The van der Waals surface area contributed by atoms with Gasteiger partial charge in [-0.3, -0.25) is 4.79 Å². The van der Waals surface area contributed by atoms with Gasteiger partial charge in [-0.05, 0) is 17.7 Å². The first kappa shape index (κ1) is 13.0. The van der Waals surface area contributed by atoms with Crippen LogP contribution in [0.4, 0.5) is 4.39 Å². The van der Waals surface area contributed by atoms with Crippen LogP contribution in [0, 0.1) is 5.82 Å². The number of amides is 1. The third kappa shape index (κ3) is 4.96. The van der Waals surface area contributed by atoms with Crippen molar-refractivity contribution in [1.29, 1.82) is 0 Å². The molecule has 0 heterocycles. The molecule has 0 bridgehead atoms. The van der Waals surface area contributed by atoms with Crippen LogP contribution in [0.2, 0.25) is 0 Å². The van der Waals surface area contributed by atoms with Gasteiger partial charge in [0.2, 0.25) is 5.91 Å². The first-order chi connectivity index (χ1) is 8.11. The van der Waals surface area contributed by atoms with Gasteiger partial charge in [0.15, 0.2) is 0 Å². The molecule has 0 fully saturated rings. The standard InChI is InChI=1S/C11H14FN3O2/c12-9-3-1-2-8(6-9)7-11(16)14-5-4-10(13)15-17/h1-3,6,17H,4-5,7H2,(H2,13,15)(H,14,16). The summed E-state index contributed by atoms with van der Waals surface area (Å²) >= 11 is 0. The highest BCUT2D eigenvalue weighted by Gasteiger charge is 2.04. The number of hydrogen-bond donors (Lipinski definition) is 3. The summed E-state index contributed by atoms with van der Waals surface area (Å²) in [5.74, 6) is -0.552. The van der Waals surface area contributed by atoms with Gasteiger partial charge in [0, 0.05) is 13.0 Å². The lowest BCUT2D eigenvalue weighted by atomic mass is 10.1. The second-order valence-electron chi connectivity index (χ2n) is 3.50. The van der Waals surface area contributed by atoms with Crippen molar-refractivity contribution < 1.29 is 14.4 Å². The van der Waals surface area contributed by atoms with E-state index in [1.807, 2.05) is 0 Å². The molecule has 0 unspecified atom stereocenters. The van der Waals surface area contributed by atoms with Gasteiger partial charge in [0.25, 0.3) is 0 Å². The Hall–Kier alpha value is -2.11. The van der Waals surface area contributed by atoms with Crippen LogP contribution >= 0.6 is 0 Å². The van der Waals surface area contributed by atoms with Crippen LogP contribution < -0.4 is 11.1 Å². The molecular weight excluding hydrogens is 225 g/mol. The third-order valence-corrected chi connectivity index (χ3v) is 2.09. The fraction of sp³-hybridized carbons (Fsp3) is 0.273. The van der Waals surface area contributed by atoms with Crippen LogP contribution in [0.25, 0.3) is 0 Å². The predicted molar refractivity (Wildman–Crippen MR) is 61.1 cm³/mol. The van der Waals surface area contributed by atoms with E-state index in [0.717, 1.165) is 0 Å². The molecule has 5 nitrogen and oxygen atoms in total. The van der Waals surface area contributed by atoms with Crippen LogP contribution in [0.15, 0.2) is 29.4 Å². The van der Waals surface area contributed by atoms with Gasteiger partial charge in [-0.2, -0.15) is 0 Å². The maximum atomic E-state index is 12.8. The molecule has 0 saturated heterocycles. The minimum atomic E-state index is -0.369. The van der Waals surface area contributed by atoms with Crippen molar-refractivity contribution >= 4 is 11.7 Å². The summed E-state index contributed by atoms with van der Waals surface area (Å²) in [7, 11) is 0. The number of nitrogens with zero attached hydrogens (tertiary/aromatic N) is 1. The number of benzene rings is 1. The predicted octanol–water partition coefficient (Wildman–Crippen LogP) is 0.621. The van der Waals surface area contributed by atoms with Gasteiger partial charge >= 0.3 is 0 Å². The van der Waals surface area contributed by atoms with E-state index < -0.39 is 0 Å². The Morgan fingerprint density at radius 2 is 2.29 bits per heavy atom. The number of amidine groups is 1. The Balaban J connectivity index is 2.35. The first-order valence-electron chi connectivity index (χ1n) is 5.09. The fourth-order valence-corrected chi connectivity index (χ4v) is 1.27. The highest BCUT2D eigenvalue weighted by molar-refractivity contribution is 5.82. The number of hydrogen-bond acceptors (Lipinski definition) is 3. The highest BCUT2D eigenvalue weighted by Crippen LogP contribution is 2.03. The number of rotatable bonds is 5. The molecule has 0 saturated carbocycles. The van der Waals surface area contributed by atoms with Gasteiger partial charge in [-0.15, -0.1) is 0 Å². The number of nitrogens with one attached hydrogen (secondary N) is 1. The Morgan fingerprint density at radius 1 is 1.53 bits per heavy atom. The molecule has 1 amide bonds. The molecule has 0 atom stereocenters. The largest absolute Gasteiger partial charge is 0.409 e. The zero-order chi connectivity index (χ0) is 12.7. The van der Waals surface area contributed by atoms with Crippen LogP contribution in [0.3, 0.4) is 0 Å². The van der Waals surface area contributed by atoms with Crippen molar-refractivity contribution in [1.82, 2.24) is 5.32 Å². The lowest BCUT2D eigenvalue weighted by Gasteiger charge is -2.04. The average molecular weight is 239 g/mol. The van der Waals surface area contributed by atoms with E-state index in [-0.39, 0.29) is 36.9 Å². The third-order valence-electron chi connectivity index (χ3n) is 2.09. The maximum absolute atomic E-state index is 12.8. The molecule has 1 aromatic carbocycles. The van der Waals surface area contributed by atoms with Crippen LogP contribution in [-0.4, -0.2) is 23.5 Å². The van der Waals surface area contributed by atoms with Gasteiger partial charge in [0.05, 0.1) is 6.42 Å². The summed E-state index contributed by atoms with van der Waals surface area (Å²) in [5.41, 5.74) is 5.83. The van der Waals surface area contributed by atoms with Crippen molar-refractivity contribution in [2.45, 2.75) is 12.8 Å². The van der Waals surface area contributed by atoms with E-state index in [1.54, 1.807) is 12.1 Å². The van der Waals surface area contributed by atoms with Gasteiger partial charge in [-0.1, -0.05) is 17.3 Å². The topological polar surface area (TPSA) is 87.7 Å². The highest BCUT2D eigenvalue weighted by atomic mass is 19.1. The van der Waals surface area contributed by atoms with E-state index in [2.05, 4.69) is 10.5 Å². The Labute approximate surface area is 98.1 Å². The van der Waals surface area contributed by atoms with E-state index in [9.17, 15) is 9.18 Å². The summed E-state index contributed by atoms with van der Waals surface area (Å²) < 4.78 is 12.8. The molecule has 0 aliphatic heterocycles. The molecule has 0 aliphatic rings. The fourth-order valence-electron chi connectivity index (χ4n) is 1.27. The number of carbonyl (C=O) groups is 1. The summed E-state index contributed by atoms with van der Waals surface area (Å²) in [6.45, 7) is 0.282. The zero-order valence-electron chi connectivity index (χ0n) is 9.19. The lowest BCUT2D eigenvalue weighted by molar-refractivity contribution is -0.120. The molecular formula is C11H14FN3O2. The first-order valence-corrected chi connectivity index (χ1v) is 5.09. The van der Waals surface area contributed by atoms with Gasteiger partial charge in [0.1, 0.15) is 11.7 Å². The summed E-state index contributed by atoms with van der Waals surface area (Å²) in [6.07, 6.45) is 0.374. The molecule has 1 rings (SSSR count). The number of oxime groups is 1. The summed E-state index contributed by atoms with van der Waals surface area (Å²) in [6, 6.07) is 5.85. The molecule has 0 radical (unpaired) electrons.